The Morgan fingerprint density at radius 1 is 0.543 bits per heavy atom. The van der Waals surface area contributed by atoms with Crippen LogP contribution in [0.4, 0.5) is 0 Å². The molecule has 3 atom stereocenters. The Kier molecular flexibility index (Phi) is 24.0. The van der Waals surface area contributed by atoms with Crippen LogP contribution in [0.3, 0.4) is 0 Å². The second-order valence-corrected chi connectivity index (χ2v) is 24.4. The van der Waals surface area contributed by atoms with E-state index >= 15 is 0 Å². The van der Waals surface area contributed by atoms with E-state index in [1.54, 1.807) is 42.2 Å². The Balaban J connectivity index is 0.721. The predicted molar refractivity (Wildman–Crippen MR) is 338 cm³/mol. The molecule has 0 spiro atoms. The first kappa shape index (κ1) is 67.8. The number of cyclic esters (lactones) is 2. The van der Waals surface area contributed by atoms with Gasteiger partial charge in [-0.25, -0.2) is 19.6 Å². The van der Waals surface area contributed by atoms with Gasteiger partial charge in [-0.15, -0.1) is 11.8 Å². The molecule has 0 aliphatic carbocycles. The molecular weight excluding hydrogens is 1230 g/mol. The lowest BCUT2D eigenvalue weighted by Crippen LogP contribution is -2.49. The summed E-state index contributed by atoms with van der Waals surface area (Å²) >= 11 is 2.46. The van der Waals surface area contributed by atoms with E-state index in [2.05, 4.69) is 0 Å². The molecule has 0 N–H and O–H groups in total. The average molecular weight is 1310 g/mol. The van der Waals surface area contributed by atoms with E-state index in [0.29, 0.717) is 138 Å². The molecule has 0 fully saturated rings. The van der Waals surface area contributed by atoms with E-state index < -0.39 is 63.8 Å². The molecule has 1 unspecified atom stereocenters. The van der Waals surface area contributed by atoms with Gasteiger partial charge in [-0.2, -0.15) is 11.8 Å². The normalized spacial score (nSPS) is 17.1. The van der Waals surface area contributed by atoms with E-state index in [9.17, 15) is 33.6 Å². The summed E-state index contributed by atoms with van der Waals surface area (Å²) < 4.78 is 75.6. The monoisotopic (exact) mass is 1310 g/mol. The molecule has 0 saturated heterocycles. The van der Waals surface area contributed by atoms with Crippen molar-refractivity contribution in [3.05, 3.63) is 127 Å². The zero-order chi connectivity index (χ0) is 64.5. The molecule has 8 heterocycles. The summed E-state index contributed by atoms with van der Waals surface area (Å²) in [6.07, 6.45) is -0.858. The van der Waals surface area contributed by atoms with Gasteiger partial charge in [-0.3, -0.25) is 24.0 Å². The third-order valence-electron chi connectivity index (χ3n) is 16.1. The first-order valence-corrected chi connectivity index (χ1v) is 33.1. The Morgan fingerprint density at radius 3 is 1.43 bits per heavy atom. The predicted octanol–water partition coefficient (Wildman–Crippen LogP) is 6.20. The molecule has 0 bridgehead atoms. The fourth-order valence-corrected chi connectivity index (χ4v) is 13.5. The van der Waals surface area contributed by atoms with Crippen LogP contribution >= 0.6 is 23.5 Å². The van der Waals surface area contributed by atoms with Crippen molar-refractivity contribution in [1.82, 2.24) is 19.1 Å². The van der Waals surface area contributed by atoms with Crippen molar-refractivity contribution in [2.45, 2.75) is 82.3 Å². The van der Waals surface area contributed by atoms with E-state index in [4.69, 9.17) is 71.5 Å². The Morgan fingerprint density at radius 2 is 0.978 bits per heavy atom. The van der Waals surface area contributed by atoms with Gasteiger partial charge in [0.05, 0.1) is 170 Å². The molecule has 2 aromatic carbocycles. The minimum Gasteiger partial charge on any atom is -0.463 e. The highest BCUT2D eigenvalue weighted by atomic mass is 32.2. The standard InChI is InChI=1S/C66H76N4O20S2/c1-4-65(49-36-53-58-45(34-43-10-6-8-12-51(43)67-58)39-69(53)60(73)47(49)41-87-63(65)76)89-57(72)38-55(62(75)90-66(5-2)50-37-54-59-46(35-44-11-7-9-13-52(44)68-59)40-70(54)61(74)48(50)42-88-64(66)77)92-33-32-91-31-14-56(71)86-30-29-85-28-27-84-26-25-83-24-23-82-22-21-81-20-19-80-18-17-79-16-15-78-3/h6-13,34-37,55H,4-5,14-33,38-42H2,1-3H3/t55?,65-,66-/m0/s1. The van der Waals surface area contributed by atoms with E-state index in [0.717, 1.165) is 33.7 Å². The molecule has 4 aliphatic rings. The maximum absolute atomic E-state index is 15.0. The number of para-hydroxylation sites is 2. The molecule has 0 saturated carbocycles. The highest BCUT2D eigenvalue weighted by Gasteiger charge is 2.53. The quantitative estimate of drug-likeness (QED) is 0.0237. The number of methoxy groups -OCH3 is 1. The highest BCUT2D eigenvalue weighted by molar-refractivity contribution is 8.03. The lowest BCUT2D eigenvalue weighted by Gasteiger charge is -2.37. The lowest BCUT2D eigenvalue weighted by molar-refractivity contribution is -0.192. The topological polar surface area (TPSA) is 275 Å². The van der Waals surface area contributed by atoms with Crippen molar-refractivity contribution < 1.29 is 85.6 Å². The van der Waals surface area contributed by atoms with Gasteiger partial charge >= 0.3 is 29.8 Å². The first-order valence-electron chi connectivity index (χ1n) is 30.9. The molecule has 4 aliphatic heterocycles. The van der Waals surface area contributed by atoms with E-state index in [-0.39, 0.29) is 86.8 Å². The molecule has 92 heavy (non-hydrogen) atoms. The SMILES string of the molecule is CC[C@@]1(OC(=O)CC(SCCSCCC(=O)OCCOCCOCCOCCOCCOCCOCCOCCOC)C(=O)O[C@]2(CC)C(=O)OCc3c2cc2n(c3=O)Cc3cc4ccccc4nc3-2)C(=O)OCc2c1cc1n(c2=O)Cc2cc3ccccc3nc2-1. The second kappa shape index (κ2) is 32.6. The third kappa shape index (κ3) is 15.7. The number of fused-ring (bicyclic) bond motifs is 10. The molecule has 26 heteroatoms. The van der Waals surface area contributed by atoms with Crippen LogP contribution in [0.1, 0.15) is 72.9 Å². The van der Waals surface area contributed by atoms with Gasteiger partial charge in [0.2, 0.25) is 11.2 Å². The van der Waals surface area contributed by atoms with Crippen molar-refractivity contribution in [1.29, 1.82) is 0 Å². The number of nitrogens with zero attached hydrogens (tertiary/aromatic N) is 4. The number of hydrogen-bond acceptors (Lipinski definition) is 24. The first-order chi connectivity index (χ1) is 44.9. The number of esters is 5. The van der Waals surface area contributed by atoms with Crippen molar-refractivity contribution in [2.75, 3.05) is 130 Å². The Labute approximate surface area is 539 Å². The number of pyridine rings is 4. The summed E-state index contributed by atoms with van der Waals surface area (Å²) in [4.78, 5) is 109. The number of carbonyl (C=O) groups is 5. The number of carbonyl (C=O) groups excluding carboxylic acids is 5. The zero-order valence-electron chi connectivity index (χ0n) is 51.9. The van der Waals surface area contributed by atoms with Crippen molar-refractivity contribution in [2.24, 2.45) is 0 Å². The summed E-state index contributed by atoms with van der Waals surface area (Å²) in [5, 5.41) is 0.426. The van der Waals surface area contributed by atoms with Crippen LogP contribution in [0, 0.1) is 0 Å². The van der Waals surface area contributed by atoms with Crippen LogP contribution in [-0.2, 0) is 123 Å². The van der Waals surface area contributed by atoms with Crippen LogP contribution in [0.25, 0.3) is 44.6 Å². The van der Waals surface area contributed by atoms with Gasteiger partial charge in [-0.05, 0) is 49.2 Å². The molecule has 4 aromatic heterocycles. The molecule has 492 valence electrons. The molecule has 10 rings (SSSR count). The molecule has 0 radical (unpaired) electrons. The average Bonchev–Trinajstić information content (AvgIpc) is 1.40. The molecule has 24 nitrogen and oxygen atoms in total. The fourth-order valence-electron chi connectivity index (χ4n) is 11.4. The molecular formula is C66H76N4O20S2. The van der Waals surface area contributed by atoms with Crippen molar-refractivity contribution in [3.8, 4) is 22.8 Å². The van der Waals surface area contributed by atoms with Gasteiger partial charge < -0.3 is 70.7 Å². The van der Waals surface area contributed by atoms with E-state index in [1.807, 2.05) is 60.7 Å². The maximum atomic E-state index is 15.0. The van der Waals surface area contributed by atoms with Crippen LogP contribution in [-0.4, -0.2) is 184 Å². The van der Waals surface area contributed by atoms with Crippen LogP contribution in [0.15, 0.2) is 82.4 Å². The summed E-state index contributed by atoms with van der Waals surface area (Å²) in [7, 11) is 1.63. The second-order valence-electron chi connectivity index (χ2n) is 21.8. The van der Waals surface area contributed by atoms with E-state index in [1.165, 1.54) is 11.8 Å². The fraction of sp³-hybridized carbons (Fsp3) is 0.500. The number of ether oxygens (including phenoxy) is 13. The van der Waals surface area contributed by atoms with Gasteiger partial charge in [0, 0.05) is 57.4 Å². The van der Waals surface area contributed by atoms with Gasteiger partial charge in [0.15, 0.2) is 0 Å². The van der Waals surface area contributed by atoms with Gasteiger partial charge in [0.25, 0.3) is 11.1 Å². The van der Waals surface area contributed by atoms with Crippen LogP contribution in [0.5, 0.6) is 0 Å². The Hall–Kier alpha value is -7.11. The summed E-state index contributed by atoms with van der Waals surface area (Å²) in [6, 6.07) is 22.4. The third-order valence-corrected chi connectivity index (χ3v) is 18.5. The summed E-state index contributed by atoms with van der Waals surface area (Å²) in [5.41, 5.74) is 0.507. The largest absolute Gasteiger partial charge is 0.463 e. The van der Waals surface area contributed by atoms with Gasteiger partial charge in [0.1, 0.15) is 25.1 Å². The number of hydrogen-bond donors (Lipinski definition) is 0. The minimum atomic E-state index is -2.12. The number of thioether (sulfide) groups is 2. The molecule has 0 amide bonds. The number of rotatable bonds is 38. The van der Waals surface area contributed by atoms with Crippen molar-refractivity contribution >= 4 is 75.2 Å². The van der Waals surface area contributed by atoms with Crippen LogP contribution in [0.2, 0.25) is 0 Å². The smallest absolute Gasteiger partial charge is 0.355 e. The zero-order valence-corrected chi connectivity index (χ0v) is 53.5. The minimum absolute atomic E-state index is 0.0484. The highest BCUT2D eigenvalue weighted by Crippen LogP contribution is 2.44. The Bertz CT molecular complexity index is 3750. The summed E-state index contributed by atoms with van der Waals surface area (Å²) in [5.74, 6) is -3.21. The maximum Gasteiger partial charge on any atom is 0.355 e. The van der Waals surface area contributed by atoms with Crippen molar-refractivity contribution in [3.63, 3.8) is 0 Å². The van der Waals surface area contributed by atoms with Crippen LogP contribution < -0.4 is 11.1 Å². The van der Waals surface area contributed by atoms with Gasteiger partial charge in [-0.1, -0.05) is 50.2 Å². The lowest BCUT2D eigenvalue weighted by atomic mass is 9.85. The molecule has 6 aromatic rings. The number of benzene rings is 2. The number of aromatic nitrogens is 4. The summed E-state index contributed by atoms with van der Waals surface area (Å²) in [6.45, 7) is 9.43.